The molecule has 5 unspecified atom stereocenters. The van der Waals surface area contributed by atoms with Gasteiger partial charge in [0, 0.05) is 25.7 Å². The van der Waals surface area contributed by atoms with Crippen LogP contribution in [0, 0.1) is 0 Å². The molecule has 0 amide bonds. The van der Waals surface area contributed by atoms with Crippen LogP contribution >= 0.6 is 15.6 Å². The summed E-state index contributed by atoms with van der Waals surface area (Å²) in [5.74, 6) is -2.17. The summed E-state index contributed by atoms with van der Waals surface area (Å²) in [4.78, 5) is 72.9. The first-order valence-electron chi connectivity index (χ1n) is 39.5. The zero-order valence-electron chi connectivity index (χ0n) is 62.5. The molecule has 3 N–H and O–H groups in total. The number of esters is 4. The monoisotopic (exact) mass is 1430 g/mol. The van der Waals surface area contributed by atoms with Gasteiger partial charge in [0.2, 0.25) is 0 Å². The highest BCUT2D eigenvalue weighted by molar-refractivity contribution is 7.47. The predicted octanol–water partition coefficient (Wildman–Crippen LogP) is 22.7. The Balaban J connectivity index is 5.30. The van der Waals surface area contributed by atoms with Gasteiger partial charge in [-0.3, -0.25) is 37.3 Å². The van der Waals surface area contributed by atoms with Crippen LogP contribution in [0.4, 0.5) is 0 Å². The van der Waals surface area contributed by atoms with E-state index in [0.29, 0.717) is 25.7 Å². The number of aliphatic hydroxyl groups excluding tert-OH is 1. The van der Waals surface area contributed by atoms with Gasteiger partial charge in [0.05, 0.1) is 26.4 Å². The quantitative estimate of drug-likeness (QED) is 0.0169. The molecular formula is C79H144O17P2. The maximum Gasteiger partial charge on any atom is 0.472 e. The van der Waals surface area contributed by atoms with E-state index in [1.54, 1.807) is 0 Å². The van der Waals surface area contributed by atoms with Gasteiger partial charge in [-0.1, -0.05) is 307 Å². The number of aliphatic hydroxyl groups is 1. The summed E-state index contributed by atoms with van der Waals surface area (Å²) in [6, 6.07) is 0. The summed E-state index contributed by atoms with van der Waals surface area (Å²) in [5.41, 5.74) is 0. The van der Waals surface area contributed by atoms with Crippen molar-refractivity contribution in [2.45, 2.75) is 380 Å². The van der Waals surface area contributed by atoms with E-state index in [4.69, 9.17) is 37.0 Å². The van der Waals surface area contributed by atoms with Crippen LogP contribution in [-0.2, 0) is 65.4 Å². The maximum absolute atomic E-state index is 13.1. The summed E-state index contributed by atoms with van der Waals surface area (Å²) >= 11 is 0. The van der Waals surface area contributed by atoms with Gasteiger partial charge in [-0.05, 0) is 89.9 Å². The van der Waals surface area contributed by atoms with Crippen LogP contribution in [0.5, 0.6) is 0 Å². The molecule has 0 bridgehead atoms. The van der Waals surface area contributed by atoms with Gasteiger partial charge in [0.15, 0.2) is 12.2 Å². The molecule has 98 heavy (non-hydrogen) atoms. The maximum atomic E-state index is 13.1. The molecule has 0 aromatic carbocycles. The van der Waals surface area contributed by atoms with Crippen LogP contribution in [0.15, 0.2) is 60.8 Å². The Hall–Kier alpha value is -3.24. The van der Waals surface area contributed by atoms with Crippen molar-refractivity contribution < 1.29 is 80.2 Å². The topological polar surface area (TPSA) is 237 Å². The molecule has 0 aliphatic carbocycles. The van der Waals surface area contributed by atoms with Gasteiger partial charge in [0.25, 0.3) is 0 Å². The molecule has 0 heterocycles. The van der Waals surface area contributed by atoms with E-state index in [9.17, 15) is 43.2 Å². The van der Waals surface area contributed by atoms with Gasteiger partial charge >= 0.3 is 39.5 Å². The third kappa shape index (κ3) is 71.2. The fourth-order valence-electron chi connectivity index (χ4n) is 10.9. The minimum absolute atomic E-state index is 0.0791. The largest absolute Gasteiger partial charge is 0.472 e. The molecule has 19 heteroatoms. The van der Waals surface area contributed by atoms with E-state index in [-0.39, 0.29) is 25.7 Å². The highest BCUT2D eigenvalue weighted by atomic mass is 31.2. The van der Waals surface area contributed by atoms with Crippen molar-refractivity contribution in [1.29, 1.82) is 0 Å². The van der Waals surface area contributed by atoms with Crippen molar-refractivity contribution >= 4 is 39.5 Å². The highest BCUT2D eigenvalue weighted by Gasteiger charge is 2.30. The number of carbonyl (C=O) groups is 4. The highest BCUT2D eigenvalue weighted by Crippen LogP contribution is 2.45. The minimum Gasteiger partial charge on any atom is -0.462 e. The third-order valence-corrected chi connectivity index (χ3v) is 18.9. The number of phosphoric ester groups is 2. The molecule has 0 saturated carbocycles. The first-order valence-corrected chi connectivity index (χ1v) is 42.5. The third-order valence-electron chi connectivity index (χ3n) is 17.0. The summed E-state index contributed by atoms with van der Waals surface area (Å²) < 4.78 is 68.5. The molecular weight excluding hydrogens is 1280 g/mol. The molecule has 0 spiro atoms. The van der Waals surface area contributed by atoms with Gasteiger partial charge < -0.3 is 33.8 Å². The van der Waals surface area contributed by atoms with E-state index in [0.717, 1.165) is 154 Å². The second-order valence-corrected chi connectivity index (χ2v) is 29.6. The van der Waals surface area contributed by atoms with Crippen LogP contribution in [0.25, 0.3) is 0 Å². The smallest absolute Gasteiger partial charge is 0.462 e. The predicted molar refractivity (Wildman–Crippen MR) is 400 cm³/mol. The lowest BCUT2D eigenvalue weighted by Crippen LogP contribution is -2.30. The van der Waals surface area contributed by atoms with E-state index >= 15 is 0 Å². The molecule has 0 aliphatic heterocycles. The number of rotatable bonds is 75. The van der Waals surface area contributed by atoms with Crippen molar-refractivity contribution in [3.05, 3.63) is 60.8 Å². The average molecular weight is 1430 g/mol. The lowest BCUT2D eigenvalue weighted by Gasteiger charge is -2.21. The van der Waals surface area contributed by atoms with Gasteiger partial charge in [-0.25, -0.2) is 9.13 Å². The Labute approximate surface area is 597 Å². The molecule has 17 nitrogen and oxygen atoms in total. The van der Waals surface area contributed by atoms with Crippen molar-refractivity contribution in [2.75, 3.05) is 39.6 Å². The van der Waals surface area contributed by atoms with E-state index in [2.05, 4.69) is 88.5 Å². The zero-order valence-corrected chi connectivity index (χ0v) is 64.3. The lowest BCUT2D eigenvalue weighted by molar-refractivity contribution is -0.161. The number of unbranched alkanes of at least 4 members (excludes halogenated alkanes) is 39. The van der Waals surface area contributed by atoms with Crippen molar-refractivity contribution in [3.63, 3.8) is 0 Å². The normalized spacial score (nSPS) is 14.2. The summed E-state index contributed by atoms with van der Waals surface area (Å²) in [6.45, 7) is 4.82. The fourth-order valence-corrected chi connectivity index (χ4v) is 12.5. The molecule has 0 radical (unpaired) electrons. The van der Waals surface area contributed by atoms with Gasteiger partial charge in [0.1, 0.15) is 19.3 Å². The SMILES string of the molecule is CCC/C=C\C/C=C\CCCCCCCC(=O)OC(COC(=O)CCCCCCCC/C=C\C/C=C\C/C=C\CCCCC)COP(=O)(O)OCC(O)COP(=O)(O)OCC(COC(=O)CCCCCCCCCCCCCCC)OC(=O)CCCCCCCCCCCCCCC. The molecule has 0 fully saturated rings. The Kier molecular flexibility index (Phi) is 69.7. The number of hydrogen-bond donors (Lipinski definition) is 3. The number of hydrogen-bond acceptors (Lipinski definition) is 15. The van der Waals surface area contributed by atoms with Gasteiger partial charge in [-0.2, -0.15) is 0 Å². The Morgan fingerprint density at radius 3 is 0.827 bits per heavy atom. The van der Waals surface area contributed by atoms with Crippen LogP contribution in [0.1, 0.15) is 362 Å². The molecule has 0 aliphatic rings. The number of allylic oxidation sites excluding steroid dienone is 10. The fraction of sp³-hybridized carbons (Fsp3) is 0.823. The Morgan fingerprint density at radius 2 is 0.520 bits per heavy atom. The number of carbonyl (C=O) groups excluding carboxylic acids is 4. The number of phosphoric acid groups is 2. The standard InChI is InChI=1S/C79H144O17P2/c1-5-9-13-17-21-25-29-33-34-35-36-37-38-42-44-48-52-56-60-64-77(82)90-70-75(96-79(84)66-62-58-54-50-46-41-32-28-24-20-16-12-8-4)72-94-98(87,88)92-68-73(80)67-91-97(85,86)93-71-74(95-78(83)65-61-57-53-49-45-40-31-27-23-19-15-11-7-3)69-89-76(81)63-59-55-51-47-43-39-30-26-22-18-14-10-6-2/h16,20-21,25,28,32-34,36-37,73-75,80H,5-15,17-19,22-24,26-27,29-31,35,38-72H2,1-4H3,(H,85,86)(H,87,88)/b20-16-,25-21-,32-28-,34-33-,37-36-. The molecule has 0 aromatic rings. The Bertz CT molecular complexity index is 2100. The van der Waals surface area contributed by atoms with Crippen LogP contribution in [-0.4, -0.2) is 96.7 Å². The zero-order chi connectivity index (χ0) is 71.8. The molecule has 0 saturated heterocycles. The Morgan fingerprint density at radius 1 is 0.286 bits per heavy atom. The molecule has 0 rings (SSSR count). The minimum atomic E-state index is -4.97. The van der Waals surface area contributed by atoms with Crippen molar-refractivity contribution in [3.8, 4) is 0 Å². The molecule has 0 aromatic heterocycles. The second-order valence-electron chi connectivity index (χ2n) is 26.7. The van der Waals surface area contributed by atoms with E-state index in [1.165, 1.54) is 128 Å². The molecule has 572 valence electrons. The second kappa shape index (κ2) is 72.1. The van der Waals surface area contributed by atoms with E-state index in [1.807, 2.05) is 0 Å². The first kappa shape index (κ1) is 94.8. The summed E-state index contributed by atoms with van der Waals surface area (Å²) in [5, 5.41) is 10.6. The lowest BCUT2D eigenvalue weighted by atomic mass is 10.0. The average Bonchev–Trinajstić information content (AvgIpc) is 0.968. The summed E-state index contributed by atoms with van der Waals surface area (Å²) in [7, 11) is -9.94. The van der Waals surface area contributed by atoms with Crippen LogP contribution in [0.3, 0.4) is 0 Å². The van der Waals surface area contributed by atoms with Crippen LogP contribution < -0.4 is 0 Å². The van der Waals surface area contributed by atoms with Crippen molar-refractivity contribution in [2.24, 2.45) is 0 Å². The first-order chi connectivity index (χ1) is 47.7. The molecule has 5 atom stereocenters. The van der Waals surface area contributed by atoms with E-state index < -0.39 is 97.5 Å². The summed E-state index contributed by atoms with van der Waals surface area (Å²) in [6.07, 6.45) is 70.5. The number of ether oxygens (including phenoxy) is 4. The van der Waals surface area contributed by atoms with Crippen LogP contribution in [0.2, 0.25) is 0 Å². The van der Waals surface area contributed by atoms with Crippen molar-refractivity contribution in [1.82, 2.24) is 0 Å². The van der Waals surface area contributed by atoms with Gasteiger partial charge in [-0.15, -0.1) is 0 Å².